The largest absolute Gasteiger partial charge is 0.399 e. The molecule has 0 radical (unpaired) electrons. The zero-order chi connectivity index (χ0) is 13.9. The Bertz CT molecular complexity index is 716. The van der Waals surface area contributed by atoms with E-state index < -0.39 is 0 Å². The van der Waals surface area contributed by atoms with Crippen molar-refractivity contribution in [3.05, 3.63) is 48.0 Å². The Morgan fingerprint density at radius 2 is 2.00 bits per heavy atom. The van der Waals surface area contributed by atoms with Crippen molar-refractivity contribution in [3.8, 4) is 0 Å². The van der Waals surface area contributed by atoms with Crippen LogP contribution in [0.25, 0.3) is 5.65 Å². The van der Waals surface area contributed by atoms with Gasteiger partial charge in [0, 0.05) is 24.6 Å². The van der Waals surface area contributed by atoms with Gasteiger partial charge in [0.25, 0.3) is 0 Å². The van der Waals surface area contributed by atoms with Gasteiger partial charge in [-0.1, -0.05) is 12.1 Å². The Kier molecular flexibility index (Phi) is 3.20. The number of aromatic nitrogens is 4. The lowest BCUT2D eigenvalue weighted by molar-refractivity contribution is 0.988. The molecule has 0 saturated carbocycles. The van der Waals surface area contributed by atoms with Gasteiger partial charge in [-0.05, 0) is 31.0 Å². The number of aryl methyl sites for hydroxylation is 1. The smallest absolute Gasteiger partial charge is 0.203 e. The summed E-state index contributed by atoms with van der Waals surface area (Å²) in [5, 5.41) is 11.5. The first-order valence-corrected chi connectivity index (χ1v) is 6.48. The van der Waals surface area contributed by atoms with Crippen LogP contribution in [0.1, 0.15) is 11.4 Å². The second-order valence-corrected chi connectivity index (χ2v) is 4.64. The highest BCUT2D eigenvalue weighted by atomic mass is 15.3. The van der Waals surface area contributed by atoms with Crippen molar-refractivity contribution >= 4 is 17.2 Å². The molecule has 0 aliphatic heterocycles. The van der Waals surface area contributed by atoms with E-state index in [0.29, 0.717) is 0 Å². The molecular weight excluding hydrogens is 252 g/mol. The van der Waals surface area contributed by atoms with Crippen molar-refractivity contribution < 1.29 is 0 Å². The maximum absolute atomic E-state index is 5.67. The van der Waals surface area contributed by atoms with E-state index in [-0.39, 0.29) is 0 Å². The highest BCUT2D eigenvalue weighted by Gasteiger charge is 2.06. The minimum atomic E-state index is 0.752. The predicted octanol–water partition coefficient (Wildman–Crippen LogP) is 1.67. The third-order valence-electron chi connectivity index (χ3n) is 3.18. The molecular formula is C14H16N6. The monoisotopic (exact) mass is 268 g/mol. The summed E-state index contributed by atoms with van der Waals surface area (Å²) in [6.45, 7) is 2.70. The Balaban J connectivity index is 1.69. The summed E-state index contributed by atoms with van der Waals surface area (Å²) >= 11 is 0. The van der Waals surface area contributed by atoms with Crippen LogP contribution in [0.15, 0.2) is 36.7 Å². The lowest BCUT2D eigenvalue weighted by atomic mass is 10.1. The third-order valence-corrected chi connectivity index (χ3v) is 3.18. The molecule has 0 aliphatic carbocycles. The number of nitrogens with zero attached hydrogens (tertiary/aromatic N) is 4. The molecule has 0 saturated heterocycles. The first-order valence-electron chi connectivity index (χ1n) is 6.48. The van der Waals surface area contributed by atoms with E-state index in [0.717, 1.165) is 35.9 Å². The van der Waals surface area contributed by atoms with E-state index in [2.05, 4.69) is 20.5 Å². The summed E-state index contributed by atoms with van der Waals surface area (Å²) in [6.07, 6.45) is 4.50. The molecule has 3 rings (SSSR count). The van der Waals surface area contributed by atoms with Gasteiger partial charge >= 0.3 is 0 Å². The van der Waals surface area contributed by atoms with Crippen LogP contribution in [-0.4, -0.2) is 26.1 Å². The van der Waals surface area contributed by atoms with Crippen LogP contribution in [0.4, 0.5) is 11.5 Å². The Morgan fingerprint density at radius 3 is 2.80 bits per heavy atom. The van der Waals surface area contributed by atoms with Crippen molar-refractivity contribution in [1.29, 1.82) is 0 Å². The molecule has 1 aromatic carbocycles. The number of benzene rings is 1. The summed E-state index contributed by atoms with van der Waals surface area (Å²) in [5.41, 5.74) is 8.44. The zero-order valence-corrected chi connectivity index (χ0v) is 11.2. The predicted molar refractivity (Wildman–Crippen MR) is 78.6 cm³/mol. The second kappa shape index (κ2) is 5.16. The van der Waals surface area contributed by atoms with Crippen molar-refractivity contribution in [1.82, 2.24) is 19.6 Å². The van der Waals surface area contributed by atoms with E-state index in [9.17, 15) is 0 Å². The number of nitrogens with one attached hydrogen (secondary N) is 1. The minimum Gasteiger partial charge on any atom is -0.399 e. The van der Waals surface area contributed by atoms with Crippen LogP contribution in [0.2, 0.25) is 0 Å². The molecule has 2 aromatic heterocycles. The summed E-state index contributed by atoms with van der Waals surface area (Å²) in [5.74, 6) is 1.60. The molecule has 6 nitrogen and oxygen atoms in total. The Morgan fingerprint density at radius 1 is 1.20 bits per heavy atom. The number of anilines is 2. The lowest BCUT2D eigenvalue weighted by Gasteiger charge is -2.06. The van der Waals surface area contributed by atoms with Gasteiger partial charge in [0.1, 0.15) is 5.82 Å². The summed E-state index contributed by atoms with van der Waals surface area (Å²) in [6, 6.07) is 7.89. The molecule has 0 fully saturated rings. The Labute approximate surface area is 116 Å². The van der Waals surface area contributed by atoms with Crippen LogP contribution in [-0.2, 0) is 6.42 Å². The van der Waals surface area contributed by atoms with Gasteiger partial charge in [0.2, 0.25) is 5.65 Å². The van der Waals surface area contributed by atoms with Crippen LogP contribution < -0.4 is 11.1 Å². The summed E-state index contributed by atoms with van der Waals surface area (Å²) in [4.78, 5) is 4.31. The molecule has 0 unspecified atom stereocenters. The van der Waals surface area contributed by atoms with Crippen LogP contribution in [0, 0.1) is 6.92 Å². The van der Waals surface area contributed by atoms with Gasteiger partial charge in [-0.3, -0.25) is 4.40 Å². The maximum Gasteiger partial charge on any atom is 0.203 e. The molecule has 0 bridgehead atoms. The van der Waals surface area contributed by atoms with E-state index in [1.165, 1.54) is 5.56 Å². The topological polar surface area (TPSA) is 81.1 Å². The molecule has 3 N–H and O–H groups in total. The highest BCUT2D eigenvalue weighted by molar-refractivity contribution is 5.61. The van der Waals surface area contributed by atoms with Crippen LogP contribution in [0.3, 0.4) is 0 Å². The Hall–Kier alpha value is -2.63. The van der Waals surface area contributed by atoms with Crippen molar-refractivity contribution in [2.24, 2.45) is 0 Å². The van der Waals surface area contributed by atoms with Crippen LogP contribution >= 0.6 is 0 Å². The summed E-state index contributed by atoms with van der Waals surface area (Å²) in [7, 11) is 0. The fourth-order valence-corrected chi connectivity index (χ4v) is 2.08. The van der Waals surface area contributed by atoms with Crippen molar-refractivity contribution in [2.45, 2.75) is 13.3 Å². The van der Waals surface area contributed by atoms with Crippen LogP contribution in [0.5, 0.6) is 0 Å². The third kappa shape index (κ3) is 2.40. The van der Waals surface area contributed by atoms with E-state index in [1.54, 1.807) is 6.20 Å². The number of nitrogen functional groups attached to an aromatic ring is 1. The number of rotatable bonds is 4. The van der Waals surface area contributed by atoms with Gasteiger partial charge in [-0.2, -0.15) is 0 Å². The first kappa shape index (κ1) is 12.4. The highest BCUT2D eigenvalue weighted by Crippen LogP contribution is 2.12. The molecule has 3 aromatic rings. The number of hydrogen-bond donors (Lipinski definition) is 2. The van der Waals surface area contributed by atoms with Gasteiger partial charge in [-0.15, -0.1) is 10.2 Å². The fraction of sp³-hybridized carbons (Fsp3) is 0.214. The zero-order valence-electron chi connectivity index (χ0n) is 11.2. The standard InChI is InChI=1S/C14H16N6/c1-10-18-19-14-13(17-8-9-20(10)14)16-7-6-11-2-4-12(15)5-3-11/h2-5,8-9H,6-7,15H2,1H3,(H,16,17). The fourth-order valence-electron chi connectivity index (χ4n) is 2.08. The van der Waals surface area contributed by atoms with Gasteiger partial charge in [-0.25, -0.2) is 4.98 Å². The van der Waals surface area contributed by atoms with Gasteiger partial charge < -0.3 is 11.1 Å². The van der Waals surface area contributed by atoms with E-state index >= 15 is 0 Å². The van der Waals surface area contributed by atoms with E-state index in [1.807, 2.05) is 41.8 Å². The number of nitrogens with two attached hydrogens (primary N) is 1. The second-order valence-electron chi connectivity index (χ2n) is 4.64. The normalized spacial score (nSPS) is 10.8. The maximum atomic E-state index is 5.67. The average Bonchev–Trinajstić information content (AvgIpc) is 2.84. The van der Waals surface area contributed by atoms with Gasteiger partial charge in [0.15, 0.2) is 5.82 Å². The first-order chi connectivity index (χ1) is 9.74. The molecule has 2 heterocycles. The molecule has 6 heteroatoms. The molecule has 0 amide bonds. The average molecular weight is 268 g/mol. The number of hydrogen-bond acceptors (Lipinski definition) is 5. The molecule has 102 valence electrons. The SMILES string of the molecule is Cc1nnc2c(NCCc3ccc(N)cc3)nccn12. The molecule has 0 spiro atoms. The van der Waals surface area contributed by atoms with Crippen molar-refractivity contribution in [2.75, 3.05) is 17.6 Å². The molecule has 0 aliphatic rings. The summed E-state index contributed by atoms with van der Waals surface area (Å²) < 4.78 is 1.92. The minimum absolute atomic E-state index is 0.752. The van der Waals surface area contributed by atoms with Gasteiger partial charge in [0.05, 0.1) is 0 Å². The quantitative estimate of drug-likeness (QED) is 0.703. The van der Waals surface area contributed by atoms with Crippen molar-refractivity contribution in [3.63, 3.8) is 0 Å². The van der Waals surface area contributed by atoms with E-state index in [4.69, 9.17) is 5.73 Å². The molecule has 20 heavy (non-hydrogen) atoms. The number of fused-ring (bicyclic) bond motifs is 1. The lowest BCUT2D eigenvalue weighted by Crippen LogP contribution is -2.08. The molecule has 0 atom stereocenters.